The molecule has 158 valence electrons. The summed E-state index contributed by atoms with van der Waals surface area (Å²) in [6.07, 6.45) is 1.69. The van der Waals surface area contributed by atoms with Crippen molar-refractivity contribution in [1.29, 1.82) is 0 Å². The average Bonchev–Trinajstić information content (AvgIpc) is 3.14. The molecule has 2 aromatic heterocycles. The van der Waals surface area contributed by atoms with Crippen molar-refractivity contribution in [2.24, 2.45) is 0 Å². The molecule has 2 heterocycles. The van der Waals surface area contributed by atoms with Crippen LogP contribution in [0.3, 0.4) is 0 Å². The number of rotatable bonds is 6. The lowest BCUT2D eigenvalue weighted by molar-refractivity contribution is 0.252. The van der Waals surface area contributed by atoms with Crippen molar-refractivity contribution in [2.75, 3.05) is 23.7 Å². The zero-order valence-corrected chi connectivity index (χ0v) is 19.0. The fourth-order valence-corrected chi connectivity index (χ4v) is 3.70. The van der Waals surface area contributed by atoms with E-state index in [1.165, 1.54) is 0 Å². The first-order valence-corrected chi connectivity index (χ1v) is 10.8. The maximum absolute atomic E-state index is 12.2. The lowest BCUT2D eigenvalue weighted by Crippen LogP contribution is -2.33. The molecule has 0 radical (unpaired) electrons. The Hall–Kier alpha value is -3.10. The number of amides is 2. The summed E-state index contributed by atoms with van der Waals surface area (Å²) in [5.74, 6) is 0.742. The number of aromatic nitrogens is 3. The van der Waals surface area contributed by atoms with Gasteiger partial charge in [-0.15, -0.1) is 0 Å². The molecule has 7 nitrogen and oxygen atoms in total. The number of fused-ring (bicyclic) bond motifs is 1. The molecular formula is C22H20BrClN6O. The summed E-state index contributed by atoms with van der Waals surface area (Å²) in [7, 11) is 0. The standard InChI is InChI=1S/C22H20BrClN6O/c1-14-6-2-5-9-18(14)29-22(31)26-11-10-25-20-12-19(15-7-3-4-8-17(15)24)28-21-16(23)13-27-30(20)21/h2-9,12-13,25H,10-11H2,1H3,(H2,26,29,31). The van der Waals surface area contributed by atoms with Gasteiger partial charge in [0.25, 0.3) is 0 Å². The number of halogens is 2. The topological polar surface area (TPSA) is 83.4 Å². The minimum Gasteiger partial charge on any atom is -0.368 e. The summed E-state index contributed by atoms with van der Waals surface area (Å²) in [6, 6.07) is 16.8. The van der Waals surface area contributed by atoms with E-state index < -0.39 is 0 Å². The van der Waals surface area contributed by atoms with Crippen LogP contribution in [0.25, 0.3) is 16.9 Å². The van der Waals surface area contributed by atoms with Crippen LogP contribution in [0.15, 0.2) is 65.3 Å². The fourth-order valence-electron chi connectivity index (χ4n) is 3.12. The fraction of sp³-hybridized carbons (Fsp3) is 0.136. The van der Waals surface area contributed by atoms with Gasteiger partial charge in [-0.2, -0.15) is 9.61 Å². The number of benzene rings is 2. The third-order valence-electron chi connectivity index (χ3n) is 4.69. The number of aryl methyl sites for hydroxylation is 1. The summed E-state index contributed by atoms with van der Waals surface area (Å²) >= 11 is 9.86. The molecule has 0 aliphatic rings. The number of nitrogens with one attached hydrogen (secondary N) is 3. The molecule has 4 aromatic rings. The van der Waals surface area contributed by atoms with Crippen molar-refractivity contribution >= 4 is 50.7 Å². The van der Waals surface area contributed by atoms with Gasteiger partial charge in [-0.1, -0.05) is 48.0 Å². The molecule has 0 fully saturated rings. The normalized spacial score (nSPS) is 10.8. The molecule has 2 amide bonds. The Kier molecular flexibility index (Phi) is 6.39. The Bertz CT molecular complexity index is 1240. The number of urea groups is 1. The van der Waals surface area contributed by atoms with E-state index in [0.717, 1.165) is 32.8 Å². The molecule has 0 unspecified atom stereocenters. The van der Waals surface area contributed by atoms with E-state index in [1.807, 2.05) is 61.5 Å². The Labute approximate surface area is 193 Å². The molecule has 0 aliphatic carbocycles. The number of para-hydroxylation sites is 1. The number of hydrogen-bond donors (Lipinski definition) is 3. The monoisotopic (exact) mass is 498 g/mol. The second kappa shape index (κ2) is 9.36. The predicted molar refractivity (Wildman–Crippen MR) is 128 cm³/mol. The lowest BCUT2D eigenvalue weighted by Gasteiger charge is -2.13. The SMILES string of the molecule is Cc1ccccc1NC(=O)NCCNc1cc(-c2ccccc2Cl)nc2c(Br)cnn12. The van der Waals surface area contributed by atoms with Crippen molar-refractivity contribution in [3.05, 3.63) is 75.9 Å². The quantitative estimate of drug-likeness (QED) is 0.312. The summed E-state index contributed by atoms with van der Waals surface area (Å²) in [5, 5.41) is 14.0. The molecule has 0 bridgehead atoms. The van der Waals surface area contributed by atoms with Gasteiger partial charge in [-0.05, 0) is 40.5 Å². The Morgan fingerprint density at radius 2 is 1.90 bits per heavy atom. The van der Waals surface area contributed by atoms with Crippen LogP contribution < -0.4 is 16.0 Å². The Balaban J connectivity index is 1.45. The highest BCUT2D eigenvalue weighted by atomic mass is 79.9. The number of anilines is 2. The van der Waals surface area contributed by atoms with E-state index in [1.54, 1.807) is 10.7 Å². The first-order chi connectivity index (χ1) is 15.0. The molecule has 3 N–H and O–H groups in total. The van der Waals surface area contributed by atoms with Crippen molar-refractivity contribution in [2.45, 2.75) is 6.92 Å². The van der Waals surface area contributed by atoms with Gasteiger partial charge in [-0.25, -0.2) is 9.78 Å². The average molecular weight is 500 g/mol. The van der Waals surface area contributed by atoms with Crippen LogP contribution >= 0.6 is 27.5 Å². The van der Waals surface area contributed by atoms with Crippen LogP contribution in [0.5, 0.6) is 0 Å². The van der Waals surface area contributed by atoms with E-state index in [9.17, 15) is 4.79 Å². The van der Waals surface area contributed by atoms with E-state index >= 15 is 0 Å². The first kappa shape index (κ1) is 21.1. The maximum atomic E-state index is 12.2. The number of nitrogens with zero attached hydrogens (tertiary/aromatic N) is 3. The predicted octanol–water partition coefficient (Wildman–Crippen LogP) is 5.35. The van der Waals surface area contributed by atoms with Crippen molar-refractivity contribution in [1.82, 2.24) is 19.9 Å². The van der Waals surface area contributed by atoms with E-state index in [0.29, 0.717) is 23.8 Å². The zero-order chi connectivity index (χ0) is 21.8. The van der Waals surface area contributed by atoms with Crippen LogP contribution in [0, 0.1) is 6.92 Å². The second-order valence-electron chi connectivity index (χ2n) is 6.86. The van der Waals surface area contributed by atoms with E-state index in [2.05, 4.69) is 42.0 Å². The Morgan fingerprint density at radius 3 is 2.71 bits per heavy atom. The summed E-state index contributed by atoms with van der Waals surface area (Å²) in [5.41, 5.74) is 4.02. The molecule has 0 aliphatic heterocycles. The summed E-state index contributed by atoms with van der Waals surface area (Å²) in [6.45, 7) is 2.87. The van der Waals surface area contributed by atoms with Gasteiger partial charge in [0.15, 0.2) is 5.65 Å². The third kappa shape index (κ3) is 4.81. The minimum absolute atomic E-state index is 0.255. The second-order valence-corrected chi connectivity index (χ2v) is 8.12. The summed E-state index contributed by atoms with van der Waals surface area (Å²) < 4.78 is 2.48. The van der Waals surface area contributed by atoms with Crippen LogP contribution in [0.2, 0.25) is 5.02 Å². The third-order valence-corrected chi connectivity index (χ3v) is 5.58. The van der Waals surface area contributed by atoms with Gasteiger partial charge in [0.1, 0.15) is 5.82 Å². The van der Waals surface area contributed by atoms with Gasteiger partial charge < -0.3 is 16.0 Å². The largest absolute Gasteiger partial charge is 0.368 e. The van der Waals surface area contributed by atoms with Crippen LogP contribution in [0.1, 0.15) is 5.56 Å². The summed E-state index contributed by atoms with van der Waals surface area (Å²) in [4.78, 5) is 16.9. The zero-order valence-electron chi connectivity index (χ0n) is 16.7. The van der Waals surface area contributed by atoms with E-state index in [4.69, 9.17) is 11.6 Å². The molecule has 9 heteroatoms. The molecule has 4 rings (SSSR count). The van der Waals surface area contributed by atoms with Gasteiger partial charge in [0.05, 0.1) is 16.4 Å². The maximum Gasteiger partial charge on any atom is 0.319 e. The highest BCUT2D eigenvalue weighted by Gasteiger charge is 2.13. The molecule has 0 atom stereocenters. The molecule has 2 aromatic carbocycles. The van der Waals surface area contributed by atoms with Crippen molar-refractivity contribution in [3.63, 3.8) is 0 Å². The molecule has 0 spiro atoms. The number of hydrogen-bond acceptors (Lipinski definition) is 4. The van der Waals surface area contributed by atoms with Crippen LogP contribution in [-0.4, -0.2) is 33.7 Å². The number of carbonyl (C=O) groups excluding carboxylic acids is 1. The highest BCUT2D eigenvalue weighted by molar-refractivity contribution is 9.10. The first-order valence-electron chi connectivity index (χ1n) is 9.66. The molecular weight excluding hydrogens is 480 g/mol. The van der Waals surface area contributed by atoms with Crippen molar-refractivity contribution in [3.8, 4) is 11.3 Å². The van der Waals surface area contributed by atoms with Crippen LogP contribution in [0.4, 0.5) is 16.3 Å². The lowest BCUT2D eigenvalue weighted by atomic mass is 10.1. The molecule has 0 saturated carbocycles. The Morgan fingerprint density at radius 1 is 1.13 bits per heavy atom. The van der Waals surface area contributed by atoms with Crippen molar-refractivity contribution < 1.29 is 4.79 Å². The van der Waals surface area contributed by atoms with Gasteiger partial charge >= 0.3 is 6.03 Å². The minimum atomic E-state index is -0.255. The van der Waals surface area contributed by atoms with E-state index in [-0.39, 0.29) is 6.03 Å². The molecule has 31 heavy (non-hydrogen) atoms. The van der Waals surface area contributed by atoms with Gasteiger partial charge in [-0.3, -0.25) is 0 Å². The smallest absolute Gasteiger partial charge is 0.319 e. The highest BCUT2D eigenvalue weighted by Crippen LogP contribution is 2.30. The number of carbonyl (C=O) groups is 1. The van der Waals surface area contributed by atoms with Gasteiger partial charge in [0, 0.05) is 35.4 Å². The van der Waals surface area contributed by atoms with Gasteiger partial charge in [0.2, 0.25) is 0 Å². The van der Waals surface area contributed by atoms with Crippen LogP contribution in [-0.2, 0) is 0 Å². The molecule has 0 saturated heterocycles.